The molecule has 13 heteroatoms. The van der Waals surface area contributed by atoms with E-state index in [-0.39, 0.29) is 6.16 Å². The maximum atomic E-state index is 12.4. The lowest BCUT2D eigenvalue weighted by molar-refractivity contribution is 0.171. The van der Waals surface area contributed by atoms with Crippen LogP contribution in [0.4, 0.5) is 0 Å². The maximum Gasteiger partial charge on any atom is 0.358 e. The molecule has 8 nitrogen and oxygen atoms in total. The summed E-state index contributed by atoms with van der Waals surface area (Å²) in [5.41, 5.74) is 1.76. The monoisotopic (exact) mass is 617 g/mol. The summed E-state index contributed by atoms with van der Waals surface area (Å²) in [5, 5.41) is 6.63. The molecule has 0 aliphatic carbocycles. The van der Waals surface area contributed by atoms with Crippen molar-refractivity contribution in [2.75, 3.05) is 28.3 Å². The van der Waals surface area contributed by atoms with Gasteiger partial charge in [-0.3, -0.25) is 4.57 Å². The molecule has 2 aromatic carbocycles. The van der Waals surface area contributed by atoms with Gasteiger partial charge in [0.25, 0.3) is 10.7 Å². The largest absolute Gasteiger partial charge is 0.445 e. The minimum absolute atomic E-state index is 0.187. The van der Waals surface area contributed by atoms with Gasteiger partial charge in [-0.25, -0.2) is 0 Å². The Morgan fingerprint density at radius 2 is 1.53 bits per heavy atom. The van der Waals surface area contributed by atoms with Crippen molar-refractivity contribution >= 4 is 51.1 Å². The molecule has 1 N–H and O–H groups in total. The molecular formula is C25H38N3O5P3S2+2. The molecule has 0 fully saturated rings. The zero-order valence-electron chi connectivity index (χ0n) is 23.2. The molecule has 0 spiro atoms. The Balaban J connectivity index is 2.06. The summed E-state index contributed by atoms with van der Waals surface area (Å²) < 4.78 is 36.7. The van der Waals surface area contributed by atoms with Crippen LogP contribution in [-0.4, -0.2) is 50.0 Å². The van der Waals surface area contributed by atoms with Crippen molar-refractivity contribution in [3.05, 3.63) is 59.7 Å². The van der Waals surface area contributed by atoms with Crippen LogP contribution in [0, 0.1) is 0 Å². The molecule has 0 radical (unpaired) electrons. The second-order valence-electron chi connectivity index (χ2n) is 9.05. The van der Waals surface area contributed by atoms with E-state index >= 15 is 0 Å². The number of nitrogens with zero attached hydrogens (tertiary/aromatic N) is 2. The van der Waals surface area contributed by atoms with Crippen LogP contribution in [0.1, 0.15) is 45.2 Å². The van der Waals surface area contributed by atoms with Crippen molar-refractivity contribution in [2.24, 2.45) is 5.10 Å². The normalized spacial score (nSPS) is 14.6. The summed E-state index contributed by atoms with van der Waals surface area (Å²) in [6.07, 6.45) is 2.66. The predicted octanol–water partition coefficient (Wildman–Crippen LogP) is 7.20. The van der Waals surface area contributed by atoms with E-state index in [0.717, 1.165) is 16.9 Å². The Morgan fingerprint density at radius 1 is 1.00 bits per heavy atom. The fourth-order valence-electron chi connectivity index (χ4n) is 3.31. The van der Waals surface area contributed by atoms with Gasteiger partial charge in [-0.15, -0.1) is 15.0 Å². The zero-order valence-corrected chi connectivity index (χ0v) is 27.5. The van der Waals surface area contributed by atoms with Crippen molar-refractivity contribution in [1.82, 2.24) is 9.87 Å². The molecule has 3 unspecified atom stereocenters. The van der Waals surface area contributed by atoms with Gasteiger partial charge >= 0.3 is 21.3 Å². The summed E-state index contributed by atoms with van der Waals surface area (Å²) in [7, 11) is 3.35. The standard InChI is InChI=1S/C25H38N3O5P3S2/c1-9-25(4,33-23-16-12-21(13-17-23)19-36(29,30-7)31-8)35(38)28(6)27-18-20-10-14-22(15-11-20)32-24(2,3)34(37)26-5/h10-18H,9,19H2,1-8H3,(H,26,37)/q+2/b27-18+. The van der Waals surface area contributed by atoms with Crippen molar-refractivity contribution in [3.8, 4) is 11.5 Å². The predicted molar refractivity (Wildman–Crippen MR) is 165 cm³/mol. The fourth-order valence-corrected chi connectivity index (χ4v) is 7.06. The Bertz CT molecular complexity index is 1170. The SMILES string of the molecule is CCC(C)(Oc1ccc(CP(=O)(OC)OC)cc1)[P+](=S)N(C)/N=C/c1ccc(OC(C)(C)[P+](=S)NC)cc1. The highest BCUT2D eigenvalue weighted by molar-refractivity contribution is 8.05. The highest BCUT2D eigenvalue weighted by Gasteiger charge is 2.45. The van der Waals surface area contributed by atoms with Crippen LogP contribution in [0.15, 0.2) is 53.6 Å². The molecule has 0 heterocycles. The molecule has 0 amide bonds. The first-order chi connectivity index (χ1) is 17.8. The molecule has 208 valence electrons. The zero-order chi connectivity index (χ0) is 28.6. The maximum absolute atomic E-state index is 12.4. The first kappa shape index (κ1) is 32.9. The molecule has 0 saturated carbocycles. The van der Waals surface area contributed by atoms with Gasteiger partial charge < -0.3 is 18.5 Å². The number of hydrogen-bond donors (Lipinski definition) is 1. The smallest absolute Gasteiger partial charge is 0.358 e. The first-order valence-corrected chi connectivity index (χ1v) is 18.4. The highest BCUT2D eigenvalue weighted by atomic mass is 32.4. The van der Waals surface area contributed by atoms with Gasteiger partial charge in [0.15, 0.2) is 23.6 Å². The second kappa shape index (κ2) is 14.3. The third-order valence-corrected chi connectivity index (χ3v) is 14.8. The number of hydrazone groups is 1. The lowest BCUT2D eigenvalue weighted by Gasteiger charge is -2.23. The van der Waals surface area contributed by atoms with Crippen molar-refractivity contribution in [2.45, 2.75) is 51.0 Å². The van der Waals surface area contributed by atoms with Gasteiger partial charge in [0, 0.05) is 48.5 Å². The third-order valence-electron chi connectivity index (χ3n) is 5.83. The fraction of sp³-hybridized carbons (Fsp3) is 0.480. The quantitative estimate of drug-likeness (QED) is 0.127. The number of hydrogen-bond acceptors (Lipinski definition) is 8. The van der Waals surface area contributed by atoms with Crippen LogP contribution in [0.2, 0.25) is 0 Å². The van der Waals surface area contributed by atoms with Crippen LogP contribution in [0.25, 0.3) is 0 Å². The summed E-state index contributed by atoms with van der Waals surface area (Å²) in [6, 6.07) is 15.1. The molecule has 0 aromatic heterocycles. The summed E-state index contributed by atoms with van der Waals surface area (Å²) in [6.45, 7) is 5.93. The highest BCUT2D eigenvalue weighted by Crippen LogP contribution is 2.50. The first-order valence-electron chi connectivity index (χ1n) is 12.0. The van der Waals surface area contributed by atoms with Gasteiger partial charge in [0.05, 0.1) is 19.4 Å². The van der Waals surface area contributed by atoms with Crippen LogP contribution < -0.4 is 14.6 Å². The van der Waals surface area contributed by atoms with Crippen molar-refractivity contribution < 1.29 is 23.1 Å². The van der Waals surface area contributed by atoms with E-state index in [1.807, 2.05) is 90.3 Å². The molecular weight excluding hydrogens is 579 g/mol. The molecule has 2 rings (SSSR count). The van der Waals surface area contributed by atoms with E-state index in [1.54, 1.807) is 11.0 Å². The Morgan fingerprint density at radius 3 is 2.03 bits per heavy atom. The molecule has 0 aliphatic rings. The Hall–Kier alpha value is -1.34. The average molecular weight is 618 g/mol. The number of rotatable bonds is 15. The summed E-state index contributed by atoms with van der Waals surface area (Å²) in [4.78, 5) is 0. The summed E-state index contributed by atoms with van der Waals surface area (Å²) in [5.74, 6) is 1.43. The van der Waals surface area contributed by atoms with Crippen LogP contribution in [-0.2, 0) is 43.4 Å². The average Bonchev–Trinajstić information content (AvgIpc) is 2.92. The minimum atomic E-state index is -3.13. The van der Waals surface area contributed by atoms with E-state index < -0.39 is 32.0 Å². The van der Waals surface area contributed by atoms with E-state index in [0.29, 0.717) is 12.2 Å². The Labute approximate surface area is 239 Å². The molecule has 3 atom stereocenters. The van der Waals surface area contributed by atoms with Gasteiger partial charge in [-0.05, 0) is 47.5 Å². The lowest BCUT2D eigenvalue weighted by atomic mass is 10.2. The van der Waals surface area contributed by atoms with E-state index in [1.165, 1.54) is 14.2 Å². The van der Waals surface area contributed by atoms with Gasteiger partial charge in [-0.1, -0.05) is 19.1 Å². The van der Waals surface area contributed by atoms with Crippen LogP contribution >= 0.6 is 21.3 Å². The van der Waals surface area contributed by atoms with Gasteiger partial charge in [0.1, 0.15) is 11.5 Å². The lowest BCUT2D eigenvalue weighted by Crippen LogP contribution is -2.30. The van der Waals surface area contributed by atoms with E-state index in [4.69, 9.17) is 42.1 Å². The van der Waals surface area contributed by atoms with E-state index in [9.17, 15) is 4.57 Å². The topological polar surface area (TPSA) is 81.6 Å². The molecule has 38 heavy (non-hydrogen) atoms. The molecule has 0 aliphatic heterocycles. The Kier molecular flexibility index (Phi) is 12.4. The van der Waals surface area contributed by atoms with E-state index in [2.05, 4.69) is 10.2 Å². The molecule has 0 saturated heterocycles. The number of ether oxygens (including phenoxy) is 2. The van der Waals surface area contributed by atoms with Crippen LogP contribution in [0.3, 0.4) is 0 Å². The number of benzene rings is 2. The summed E-state index contributed by atoms with van der Waals surface area (Å²) >= 11 is 11.4. The molecule has 0 bridgehead atoms. The van der Waals surface area contributed by atoms with Crippen molar-refractivity contribution in [1.29, 1.82) is 0 Å². The second-order valence-corrected chi connectivity index (χ2v) is 17.6. The molecule has 2 aromatic rings. The van der Waals surface area contributed by atoms with Gasteiger partial charge in [-0.2, -0.15) is 0 Å². The van der Waals surface area contributed by atoms with Crippen LogP contribution in [0.5, 0.6) is 11.5 Å². The minimum Gasteiger partial charge on any atom is -0.445 e. The number of nitrogens with one attached hydrogen (secondary N) is 1. The van der Waals surface area contributed by atoms with Crippen molar-refractivity contribution in [3.63, 3.8) is 0 Å². The van der Waals surface area contributed by atoms with Gasteiger partial charge in [0.2, 0.25) is 0 Å². The third kappa shape index (κ3) is 9.11.